The third-order valence-electron chi connectivity index (χ3n) is 4.05. The van der Waals surface area contributed by atoms with Crippen LogP contribution in [0.3, 0.4) is 0 Å². The Morgan fingerprint density at radius 2 is 1.96 bits per heavy atom. The number of aromatic nitrogens is 4. The SMILES string of the molecule is COc1ccc(-c2noc(COC(=O)c3cn4c(C)cccc4n3)n2)cc1. The molecule has 0 atom stereocenters. The Balaban J connectivity index is 1.44. The van der Waals surface area contributed by atoms with E-state index in [0.29, 0.717) is 11.5 Å². The molecular weight excluding hydrogens is 348 g/mol. The highest BCUT2D eigenvalue weighted by molar-refractivity contribution is 5.88. The number of fused-ring (bicyclic) bond motifs is 1. The molecule has 0 fully saturated rings. The van der Waals surface area contributed by atoms with Crippen molar-refractivity contribution in [2.45, 2.75) is 13.5 Å². The second-order valence-corrected chi connectivity index (χ2v) is 5.84. The summed E-state index contributed by atoms with van der Waals surface area (Å²) in [6, 6.07) is 12.9. The molecule has 0 N–H and O–H groups in total. The maximum absolute atomic E-state index is 12.2. The Bertz CT molecular complexity index is 1100. The van der Waals surface area contributed by atoms with Gasteiger partial charge in [-0.1, -0.05) is 11.2 Å². The number of carbonyl (C=O) groups excluding carboxylic acids is 1. The lowest BCUT2D eigenvalue weighted by molar-refractivity contribution is 0.0423. The van der Waals surface area contributed by atoms with E-state index in [-0.39, 0.29) is 18.2 Å². The van der Waals surface area contributed by atoms with Crippen LogP contribution in [0.1, 0.15) is 22.1 Å². The van der Waals surface area contributed by atoms with Crippen LogP contribution in [0.4, 0.5) is 0 Å². The summed E-state index contributed by atoms with van der Waals surface area (Å²) >= 11 is 0. The van der Waals surface area contributed by atoms with Crippen molar-refractivity contribution in [2.24, 2.45) is 0 Å². The van der Waals surface area contributed by atoms with Crippen LogP contribution >= 0.6 is 0 Å². The molecule has 8 nitrogen and oxygen atoms in total. The molecule has 4 aromatic rings. The molecule has 0 radical (unpaired) electrons. The Morgan fingerprint density at radius 3 is 2.70 bits per heavy atom. The lowest BCUT2D eigenvalue weighted by Crippen LogP contribution is -2.05. The van der Waals surface area contributed by atoms with Crippen molar-refractivity contribution in [3.63, 3.8) is 0 Å². The Hall–Kier alpha value is -3.68. The second kappa shape index (κ2) is 6.91. The minimum Gasteiger partial charge on any atom is -0.497 e. The van der Waals surface area contributed by atoms with Gasteiger partial charge in [-0.3, -0.25) is 0 Å². The van der Waals surface area contributed by atoms with E-state index >= 15 is 0 Å². The highest BCUT2D eigenvalue weighted by atomic mass is 16.6. The highest BCUT2D eigenvalue weighted by Gasteiger charge is 2.16. The first kappa shape index (κ1) is 16.8. The number of benzene rings is 1. The standard InChI is InChI=1S/C19H16N4O4/c1-12-4-3-5-16-20-15(10-23(12)16)19(24)26-11-17-21-18(22-27-17)13-6-8-14(25-2)9-7-13/h3-10H,11H2,1-2H3. The average Bonchev–Trinajstić information content (AvgIpc) is 3.34. The summed E-state index contributed by atoms with van der Waals surface area (Å²) in [5, 5.41) is 3.90. The molecule has 0 spiro atoms. The van der Waals surface area contributed by atoms with Crippen LogP contribution in [0.2, 0.25) is 0 Å². The van der Waals surface area contributed by atoms with Crippen molar-refractivity contribution >= 4 is 11.6 Å². The summed E-state index contributed by atoms with van der Waals surface area (Å²) in [6.07, 6.45) is 1.64. The Kier molecular flexibility index (Phi) is 4.29. The van der Waals surface area contributed by atoms with E-state index in [1.165, 1.54) is 0 Å². The third kappa shape index (κ3) is 3.37. The van der Waals surface area contributed by atoms with Gasteiger partial charge in [0.2, 0.25) is 5.82 Å². The fourth-order valence-electron chi connectivity index (χ4n) is 2.62. The van der Waals surface area contributed by atoms with Crippen LogP contribution in [0.15, 0.2) is 53.2 Å². The molecular formula is C19H16N4O4. The van der Waals surface area contributed by atoms with Gasteiger partial charge in [-0.25, -0.2) is 9.78 Å². The second-order valence-electron chi connectivity index (χ2n) is 5.84. The monoisotopic (exact) mass is 364 g/mol. The lowest BCUT2D eigenvalue weighted by atomic mass is 10.2. The number of carbonyl (C=O) groups is 1. The molecule has 3 aromatic heterocycles. The first-order valence-corrected chi connectivity index (χ1v) is 8.23. The predicted octanol–water partition coefficient (Wildman–Crippen LogP) is 3.06. The summed E-state index contributed by atoms with van der Waals surface area (Å²) < 4.78 is 17.3. The van der Waals surface area contributed by atoms with Crippen molar-refractivity contribution in [1.29, 1.82) is 0 Å². The first-order valence-electron chi connectivity index (χ1n) is 8.23. The lowest BCUT2D eigenvalue weighted by Gasteiger charge is -1.99. The van der Waals surface area contributed by atoms with E-state index in [1.54, 1.807) is 25.4 Å². The van der Waals surface area contributed by atoms with E-state index in [2.05, 4.69) is 15.1 Å². The maximum Gasteiger partial charge on any atom is 0.359 e. The minimum absolute atomic E-state index is 0.130. The van der Waals surface area contributed by atoms with Crippen molar-refractivity contribution < 1.29 is 18.8 Å². The van der Waals surface area contributed by atoms with Gasteiger partial charge >= 0.3 is 5.97 Å². The number of ether oxygens (including phenoxy) is 2. The molecule has 136 valence electrons. The van der Waals surface area contributed by atoms with Gasteiger partial charge in [-0.15, -0.1) is 0 Å². The number of pyridine rings is 1. The molecule has 0 aliphatic heterocycles. The average molecular weight is 364 g/mol. The molecule has 1 aromatic carbocycles. The highest BCUT2D eigenvalue weighted by Crippen LogP contribution is 2.20. The van der Waals surface area contributed by atoms with Crippen LogP contribution in [-0.4, -0.2) is 32.6 Å². The number of esters is 1. The van der Waals surface area contributed by atoms with Crippen molar-refractivity contribution in [2.75, 3.05) is 7.11 Å². The third-order valence-corrected chi connectivity index (χ3v) is 4.05. The van der Waals surface area contributed by atoms with Crippen LogP contribution < -0.4 is 4.74 Å². The fourth-order valence-corrected chi connectivity index (χ4v) is 2.62. The van der Waals surface area contributed by atoms with Gasteiger partial charge in [0.15, 0.2) is 12.3 Å². The molecule has 0 aliphatic rings. The van der Waals surface area contributed by atoms with Gasteiger partial charge in [0.05, 0.1) is 7.11 Å². The van der Waals surface area contributed by atoms with Crippen molar-refractivity contribution in [3.8, 4) is 17.1 Å². The van der Waals surface area contributed by atoms with Gasteiger partial charge in [0.1, 0.15) is 11.4 Å². The predicted molar refractivity (Wildman–Crippen MR) is 95.3 cm³/mol. The maximum atomic E-state index is 12.2. The summed E-state index contributed by atoms with van der Waals surface area (Å²) in [5.74, 6) is 0.794. The number of methoxy groups -OCH3 is 1. The molecule has 8 heteroatoms. The van der Waals surface area contributed by atoms with Gasteiger partial charge in [0.25, 0.3) is 5.89 Å². The zero-order valence-electron chi connectivity index (χ0n) is 14.7. The smallest absolute Gasteiger partial charge is 0.359 e. The van der Waals surface area contributed by atoms with E-state index in [9.17, 15) is 4.79 Å². The number of hydrogen-bond donors (Lipinski definition) is 0. The van der Waals surface area contributed by atoms with Gasteiger partial charge in [-0.05, 0) is 43.3 Å². The molecule has 27 heavy (non-hydrogen) atoms. The zero-order chi connectivity index (χ0) is 18.8. The van der Waals surface area contributed by atoms with E-state index < -0.39 is 5.97 Å². The normalized spacial score (nSPS) is 10.9. The number of rotatable bonds is 5. The molecule has 0 unspecified atom stereocenters. The van der Waals surface area contributed by atoms with Crippen LogP contribution in [0, 0.1) is 6.92 Å². The summed E-state index contributed by atoms with van der Waals surface area (Å²) in [6.45, 7) is 1.80. The Morgan fingerprint density at radius 1 is 1.15 bits per heavy atom. The molecule has 0 saturated carbocycles. The number of hydrogen-bond acceptors (Lipinski definition) is 7. The van der Waals surface area contributed by atoms with Crippen LogP contribution in [-0.2, 0) is 11.3 Å². The van der Waals surface area contributed by atoms with Crippen LogP contribution in [0.5, 0.6) is 5.75 Å². The number of aryl methyl sites for hydroxylation is 1. The fraction of sp³-hybridized carbons (Fsp3) is 0.158. The quantitative estimate of drug-likeness (QED) is 0.503. The van der Waals surface area contributed by atoms with Gasteiger partial charge in [-0.2, -0.15) is 4.98 Å². The van der Waals surface area contributed by atoms with Crippen molar-refractivity contribution in [3.05, 3.63) is 65.9 Å². The molecule has 3 heterocycles. The van der Waals surface area contributed by atoms with E-state index in [0.717, 1.165) is 17.0 Å². The summed E-state index contributed by atoms with van der Waals surface area (Å²) in [5.41, 5.74) is 2.65. The summed E-state index contributed by atoms with van der Waals surface area (Å²) in [4.78, 5) is 20.7. The van der Waals surface area contributed by atoms with Gasteiger partial charge < -0.3 is 18.4 Å². The van der Waals surface area contributed by atoms with E-state index in [1.807, 2.05) is 41.7 Å². The number of nitrogens with zero attached hydrogens (tertiary/aromatic N) is 4. The van der Waals surface area contributed by atoms with Crippen LogP contribution in [0.25, 0.3) is 17.0 Å². The molecule has 0 aliphatic carbocycles. The Labute approximate surface area is 154 Å². The topological polar surface area (TPSA) is 91.8 Å². The number of imidazole rings is 1. The minimum atomic E-state index is -0.553. The summed E-state index contributed by atoms with van der Waals surface area (Å²) in [7, 11) is 1.60. The molecule has 0 saturated heterocycles. The molecule has 4 rings (SSSR count). The molecule has 0 bridgehead atoms. The largest absolute Gasteiger partial charge is 0.497 e. The van der Waals surface area contributed by atoms with Crippen molar-refractivity contribution in [1.82, 2.24) is 19.5 Å². The zero-order valence-corrected chi connectivity index (χ0v) is 14.7. The molecule has 0 amide bonds. The first-order chi connectivity index (χ1) is 13.1. The van der Waals surface area contributed by atoms with Gasteiger partial charge in [0, 0.05) is 17.5 Å². The van der Waals surface area contributed by atoms with E-state index in [4.69, 9.17) is 14.0 Å².